The quantitative estimate of drug-likeness (QED) is 0.568. The zero-order chi connectivity index (χ0) is 22.2. The number of carbonyl (C=O) groups excluding carboxylic acids is 1. The van der Waals surface area contributed by atoms with E-state index in [1.807, 2.05) is 12.1 Å². The molecular weight excluding hydrogens is 386 g/mol. The summed E-state index contributed by atoms with van der Waals surface area (Å²) in [7, 11) is 0. The lowest BCUT2D eigenvalue weighted by Gasteiger charge is -2.42. The van der Waals surface area contributed by atoms with Crippen molar-refractivity contribution in [1.29, 1.82) is 0 Å². The minimum Gasteiger partial charge on any atom is -0.289 e. The van der Waals surface area contributed by atoms with Gasteiger partial charge in [0.2, 0.25) is 5.95 Å². The van der Waals surface area contributed by atoms with Gasteiger partial charge in [-0.25, -0.2) is 5.10 Å². The summed E-state index contributed by atoms with van der Waals surface area (Å²) in [5.74, 6) is -0.0348. The second-order valence-electron chi connectivity index (χ2n) is 9.68. The van der Waals surface area contributed by atoms with E-state index >= 15 is 0 Å². The smallest absolute Gasteiger partial charge is 0.258 e. The molecule has 1 aromatic heterocycles. The zero-order valence-corrected chi connectivity index (χ0v) is 18.8. The van der Waals surface area contributed by atoms with Crippen molar-refractivity contribution in [3.05, 3.63) is 69.8 Å². The number of hydrogen-bond donors (Lipinski definition) is 2. The molecule has 6 heteroatoms. The summed E-state index contributed by atoms with van der Waals surface area (Å²) < 4.78 is 0. The monoisotopic (exact) mass is 415 g/mol. The van der Waals surface area contributed by atoms with Crippen LogP contribution < -0.4 is 5.32 Å². The van der Waals surface area contributed by atoms with Crippen LogP contribution in [0, 0.1) is 6.92 Å². The molecule has 3 aromatic rings. The minimum absolute atomic E-state index is 0.190. The molecule has 2 aromatic carbocycles. The van der Waals surface area contributed by atoms with E-state index < -0.39 is 0 Å². The highest BCUT2D eigenvalue weighted by Crippen LogP contribution is 2.46. The van der Waals surface area contributed by atoms with Crippen LogP contribution in [0.2, 0.25) is 0 Å². The van der Waals surface area contributed by atoms with Crippen LogP contribution in [0.25, 0.3) is 12.2 Å². The van der Waals surface area contributed by atoms with Gasteiger partial charge in [0.1, 0.15) is 0 Å². The molecule has 0 atom stereocenters. The lowest BCUT2D eigenvalue weighted by molar-refractivity contribution is 0.102. The number of rotatable bonds is 4. The molecule has 0 saturated heterocycles. The maximum Gasteiger partial charge on any atom is 0.258 e. The van der Waals surface area contributed by atoms with Crippen LogP contribution in [0.15, 0.2) is 36.4 Å². The maximum atomic E-state index is 12.3. The lowest BCUT2D eigenvalue weighted by atomic mass is 9.62. The van der Waals surface area contributed by atoms with Crippen molar-refractivity contribution in [2.75, 3.05) is 5.32 Å². The highest BCUT2D eigenvalue weighted by atomic mass is 16.1. The number of aryl methyl sites for hydroxylation is 1. The van der Waals surface area contributed by atoms with Gasteiger partial charge >= 0.3 is 0 Å². The Morgan fingerprint density at radius 1 is 1.00 bits per heavy atom. The fourth-order valence-corrected chi connectivity index (χ4v) is 4.24. The summed E-state index contributed by atoms with van der Waals surface area (Å²) >= 11 is 0. The van der Waals surface area contributed by atoms with Gasteiger partial charge in [-0.15, -0.1) is 0 Å². The molecule has 2 N–H and O–H groups in total. The Balaban J connectivity index is 1.55. The molecule has 0 radical (unpaired) electrons. The fourth-order valence-electron chi connectivity index (χ4n) is 4.24. The molecule has 31 heavy (non-hydrogen) atoms. The van der Waals surface area contributed by atoms with Gasteiger partial charge in [0.05, 0.1) is 0 Å². The molecule has 160 valence electrons. The molecule has 1 aliphatic rings. The first-order chi connectivity index (χ1) is 14.7. The Morgan fingerprint density at radius 3 is 2.26 bits per heavy atom. The Morgan fingerprint density at radius 2 is 1.65 bits per heavy atom. The first kappa shape index (κ1) is 21.0. The number of anilines is 1. The van der Waals surface area contributed by atoms with E-state index in [4.69, 9.17) is 0 Å². The molecule has 1 aliphatic carbocycles. The average Bonchev–Trinajstić information content (AvgIpc) is 3.24. The molecular formula is C25H29N5O. The number of H-pyrrole nitrogens is 1. The van der Waals surface area contributed by atoms with E-state index in [0.717, 1.165) is 5.56 Å². The molecule has 0 spiro atoms. The number of tetrazole rings is 1. The SMILES string of the molecule is Cc1cc2c(cc1/C=C/c1ccc(C(=O)Nc3nnn[nH]3)cc1)C(C)(C)CCC2(C)C. The Kier molecular flexibility index (Phi) is 5.25. The molecule has 0 saturated carbocycles. The average molecular weight is 416 g/mol. The first-order valence-corrected chi connectivity index (χ1v) is 10.6. The predicted molar refractivity (Wildman–Crippen MR) is 124 cm³/mol. The number of nitrogens with zero attached hydrogens (tertiary/aromatic N) is 3. The molecule has 1 heterocycles. The van der Waals surface area contributed by atoms with E-state index in [1.165, 1.54) is 35.1 Å². The number of nitrogens with one attached hydrogen (secondary N) is 2. The molecule has 0 bridgehead atoms. The van der Waals surface area contributed by atoms with Crippen LogP contribution in [0.5, 0.6) is 0 Å². The van der Waals surface area contributed by atoms with Gasteiger partial charge in [0.15, 0.2) is 0 Å². The summed E-state index contributed by atoms with van der Waals surface area (Å²) in [5.41, 5.74) is 7.46. The fraction of sp³-hybridized carbons (Fsp3) is 0.360. The number of amides is 1. The van der Waals surface area contributed by atoms with Crippen molar-refractivity contribution in [3.8, 4) is 0 Å². The van der Waals surface area contributed by atoms with Gasteiger partial charge in [-0.3, -0.25) is 10.1 Å². The molecule has 4 rings (SSSR count). The first-order valence-electron chi connectivity index (χ1n) is 10.6. The summed E-state index contributed by atoms with van der Waals surface area (Å²) in [4.78, 5) is 12.3. The van der Waals surface area contributed by atoms with Gasteiger partial charge in [0.25, 0.3) is 5.91 Å². The van der Waals surface area contributed by atoms with Crippen LogP contribution in [0.1, 0.15) is 78.7 Å². The standard InChI is InChI=1S/C25H29N5O/c1-16-14-20-21(25(4,5)13-12-24(20,2)3)15-19(16)11-8-17-6-9-18(10-7-17)22(31)26-23-27-29-30-28-23/h6-11,14-15H,12-13H2,1-5H3,(H2,26,27,28,29,30,31)/b11-8+. The number of benzene rings is 2. The van der Waals surface area contributed by atoms with Crippen molar-refractivity contribution < 1.29 is 4.79 Å². The Labute approximate surface area is 183 Å². The highest BCUT2D eigenvalue weighted by Gasteiger charge is 2.37. The topological polar surface area (TPSA) is 83.6 Å². The molecule has 6 nitrogen and oxygen atoms in total. The Hall–Kier alpha value is -3.28. The van der Waals surface area contributed by atoms with E-state index in [9.17, 15) is 4.79 Å². The number of fused-ring (bicyclic) bond motifs is 1. The summed E-state index contributed by atoms with van der Waals surface area (Å²) in [6.45, 7) is 11.6. The van der Waals surface area contributed by atoms with Crippen LogP contribution in [0.4, 0.5) is 5.95 Å². The Bertz CT molecular complexity index is 1130. The number of carbonyl (C=O) groups is 1. The van der Waals surface area contributed by atoms with Gasteiger partial charge in [-0.1, -0.05) is 69.2 Å². The van der Waals surface area contributed by atoms with Crippen LogP contribution in [-0.4, -0.2) is 26.5 Å². The molecule has 0 unspecified atom stereocenters. The van der Waals surface area contributed by atoms with Crippen molar-refractivity contribution in [2.45, 2.75) is 58.3 Å². The predicted octanol–water partition coefficient (Wildman–Crippen LogP) is 5.28. The van der Waals surface area contributed by atoms with Crippen molar-refractivity contribution in [3.63, 3.8) is 0 Å². The normalized spacial score (nSPS) is 16.8. The number of aromatic amines is 1. The second kappa shape index (κ2) is 7.76. The number of hydrogen-bond acceptors (Lipinski definition) is 4. The van der Waals surface area contributed by atoms with Crippen molar-refractivity contribution >= 4 is 24.0 Å². The lowest BCUT2D eigenvalue weighted by Crippen LogP contribution is -2.34. The third kappa shape index (κ3) is 4.29. The van der Waals surface area contributed by atoms with Crippen molar-refractivity contribution in [1.82, 2.24) is 20.6 Å². The van der Waals surface area contributed by atoms with Gasteiger partial charge in [-0.05, 0) is 81.0 Å². The highest BCUT2D eigenvalue weighted by molar-refractivity contribution is 6.03. The van der Waals surface area contributed by atoms with Gasteiger partial charge in [0, 0.05) is 5.56 Å². The largest absolute Gasteiger partial charge is 0.289 e. The van der Waals surface area contributed by atoms with Gasteiger partial charge in [-0.2, -0.15) is 0 Å². The van der Waals surface area contributed by atoms with Crippen LogP contribution >= 0.6 is 0 Å². The summed E-state index contributed by atoms with van der Waals surface area (Å²) in [6, 6.07) is 12.2. The van der Waals surface area contributed by atoms with E-state index in [1.54, 1.807) is 12.1 Å². The summed E-state index contributed by atoms with van der Waals surface area (Å²) in [5, 5.41) is 15.7. The third-order valence-electron chi connectivity index (χ3n) is 6.44. The van der Waals surface area contributed by atoms with Crippen LogP contribution in [-0.2, 0) is 10.8 Å². The molecule has 0 fully saturated rings. The van der Waals surface area contributed by atoms with E-state index in [2.05, 4.69) is 84.8 Å². The maximum absolute atomic E-state index is 12.3. The van der Waals surface area contributed by atoms with E-state index in [-0.39, 0.29) is 22.7 Å². The van der Waals surface area contributed by atoms with Crippen molar-refractivity contribution in [2.24, 2.45) is 0 Å². The van der Waals surface area contributed by atoms with Gasteiger partial charge < -0.3 is 0 Å². The zero-order valence-electron chi connectivity index (χ0n) is 18.8. The number of aromatic nitrogens is 4. The third-order valence-corrected chi connectivity index (χ3v) is 6.44. The minimum atomic E-state index is -0.260. The second-order valence-corrected chi connectivity index (χ2v) is 9.68. The van der Waals surface area contributed by atoms with E-state index in [0.29, 0.717) is 5.56 Å². The van der Waals surface area contributed by atoms with Crippen LogP contribution in [0.3, 0.4) is 0 Å². The summed E-state index contributed by atoms with van der Waals surface area (Å²) in [6.07, 6.45) is 6.68. The molecule has 1 amide bonds. The molecule has 0 aliphatic heterocycles.